The zero-order valence-electron chi connectivity index (χ0n) is 17.3. The number of rotatable bonds is 6. The lowest BCUT2D eigenvalue weighted by atomic mass is 10.0. The highest BCUT2D eigenvalue weighted by Gasteiger charge is 2.24. The minimum atomic E-state index is -0.0634. The predicted octanol–water partition coefficient (Wildman–Crippen LogP) is 4.48. The van der Waals surface area contributed by atoms with E-state index in [2.05, 4.69) is 5.32 Å². The summed E-state index contributed by atoms with van der Waals surface area (Å²) in [5.74, 6) is 0.104. The first-order valence-corrected chi connectivity index (χ1v) is 11.0. The van der Waals surface area contributed by atoms with Gasteiger partial charge in [0.25, 0.3) is 5.91 Å². The van der Waals surface area contributed by atoms with Crippen molar-refractivity contribution in [2.75, 3.05) is 13.1 Å². The number of hydrogen-bond acceptors (Lipinski definition) is 2. The maximum absolute atomic E-state index is 12.6. The van der Waals surface area contributed by atoms with Crippen LogP contribution in [0.1, 0.15) is 35.2 Å². The topological polar surface area (TPSA) is 54.3 Å². The lowest BCUT2D eigenvalue weighted by molar-refractivity contribution is -0.132. The summed E-state index contributed by atoms with van der Waals surface area (Å²) in [4.78, 5) is 27.0. The third-order valence-corrected chi connectivity index (χ3v) is 6.01. The molecule has 5 nitrogen and oxygen atoms in total. The van der Waals surface area contributed by atoms with Crippen molar-refractivity contribution in [3.8, 4) is 5.69 Å². The molecule has 0 unspecified atom stereocenters. The largest absolute Gasteiger partial charge is 0.349 e. The monoisotopic (exact) mass is 435 g/mol. The van der Waals surface area contributed by atoms with E-state index < -0.39 is 0 Å². The molecule has 0 radical (unpaired) electrons. The van der Waals surface area contributed by atoms with Gasteiger partial charge in [0, 0.05) is 54.2 Å². The molecule has 1 aromatic heterocycles. The molecule has 6 heteroatoms. The zero-order valence-corrected chi connectivity index (χ0v) is 18.1. The Bertz CT molecular complexity index is 1010. The Morgan fingerprint density at radius 2 is 1.58 bits per heavy atom. The quantitative estimate of drug-likeness (QED) is 0.620. The van der Waals surface area contributed by atoms with Crippen LogP contribution in [0, 0.1) is 0 Å². The fraction of sp³-hybridized carbons (Fsp3) is 0.280. The molecule has 1 aliphatic rings. The van der Waals surface area contributed by atoms with Crippen LogP contribution in [-0.2, 0) is 11.2 Å². The van der Waals surface area contributed by atoms with Crippen molar-refractivity contribution >= 4 is 23.4 Å². The molecule has 2 heterocycles. The standard InChI is InChI=1S/C25H26ClN3O2/c26-21-8-3-19(4-9-21)5-12-24(30)29-17-13-22(14-18-29)27-25(31)20-6-10-23(11-7-20)28-15-1-2-16-28/h1-4,6-11,15-16,22H,5,12-14,17-18H2,(H,27,31). The van der Waals surface area contributed by atoms with E-state index >= 15 is 0 Å². The number of nitrogens with zero attached hydrogens (tertiary/aromatic N) is 2. The summed E-state index contributed by atoms with van der Waals surface area (Å²) in [6.45, 7) is 1.36. The van der Waals surface area contributed by atoms with E-state index in [1.807, 2.05) is 82.5 Å². The third-order valence-electron chi connectivity index (χ3n) is 5.76. The molecule has 31 heavy (non-hydrogen) atoms. The van der Waals surface area contributed by atoms with Crippen molar-refractivity contribution in [1.29, 1.82) is 0 Å². The zero-order chi connectivity index (χ0) is 21.6. The number of aromatic nitrogens is 1. The first-order chi connectivity index (χ1) is 15.1. The summed E-state index contributed by atoms with van der Waals surface area (Å²) < 4.78 is 2.00. The maximum atomic E-state index is 12.6. The van der Waals surface area contributed by atoms with Gasteiger partial charge in [-0.2, -0.15) is 0 Å². The van der Waals surface area contributed by atoms with Crippen molar-refractivity contribution in [3.05, 3.63) is 89.2 Å². The van der Waals surface area contributed by atoms with E-state index in [4.69, 9.17) is 11.6 Å². The fourth-order valence-electron chi connectivity index (χ4n) is 3.89. The van der Waals surface area contributed by atoms with Crippen LogP contribution in [0.4, 0.5) is 0 Å². The van der Waals surface area contributed by atoms with E-state index in [0.717, 1.165) is 24.1 Å². The molecule has 1 aliphatic heterocycles. The molecule has 1 N–H and O–H groups in total. The number of carbonyl (C=O) groups is 2. The van der Waals surface area contributed by atoms with Gasteiger partial charge in [-0.1, -0.05) is 23.7 Å². The number of likely N-dealkylation sites (tertiary alicyclic amines) is 1. The summed E-state index contributed by atoms with van der Waals surface area (Å²) in [5.41, 5.74) is 2.78. The minimum absolute atomic E-state index is 0.0634. The second-order valence-corrected chi connectivity index (χ2v) is 8.33. The highest BCUT2D eigenvalue weighted by Crippen LogP contribution is 2.16. The van der Waals surface area contributed by atoms with Gasteiger partial charge >= 0.3 is 0 Å². The smallest absolute Gasteiger partial charge is 0.251 e. The van der Waals surface area contributed by atoms with Crippen LogP contribution in [0.3, 0.4) is 0 Å². The van der Waals surface area contributed by atoms with Crippen molar-refractivity contribution in [3.63, 3.8) is 0 Å². The predicted molar refractivity (Wildman–Crippen MR) is 123 cm³/mol. The van der Waals surface area contributed by atoms with Gasteiger partial charge in [-0.05, 0) is 73.4 Å². The Kier molecular flexibility index (Phi) is 6.73. The molecule has 3 aromatic rings. The van der Waals surface area contributed by atoms with Crippen molar-refractivity contribution in [2.45, 2.75) is 31.7 Å². The van der Waals surface area contributed by atoms with Crippen molar-refractivity contribution < 1.29 is 9.59 Å². The maximum Gasteiger partial charge on any atom is 0.251 e. The summed E-state index contributed by atoms with van der Waals surface area (Å²) in [5, 5.41) is 3.82. The molecule has 0 aliphatic carbocycles. The Balaban J connectivity index is 1.22. The van der Waals surface area contributed by atoms with Gasteiger partial charge < -0.3 is 14.8 Å². The molecule has 1 fully saturated rings. The number of benzene rings is 2. The number of aryl methyl sites for hydroxylation is 1. The summed E-state index contributed by atoms with van der Waals surface area (Å²) >= 11 is 5.91. The van der Waals surface area contributed by atoms with Crippen LogP contribution in [0.15, 0.2) is 73.1 Å². The lowest BCUT2D eigenvalue weighted by Crippen LogP contribution is -2.46. The number of piperidine rings is 1. The summed E-state index contributed by atoms with van der Waals surface area (Å²) in [6.07, 6.45) is 6.71. The Morgan fingerprint density at radius 3 is 2.23 bits per heavy atom. The second kappa shape index (κ2) is 9.84. The first kappa shape index (κ1) is 21.2. The van der Waals surface area contributed by atoms with E-state index in [1.165, 1.54) is 0 Å². The van der Waals surface area contributed by atoms with E-state index in [1.54, 1.807) is 0 Å². The normalized spacial score (nSPS) is 14.4. The van der Waals surface area contributed by atoms with Crippen molar-refractivity contribution in [1.82, 2.24) is 14.8 Å². The van der Waals surface area contributed by atoms with E-state index in [-0.39, 0.29) is 17.9 Å². The van der Waals surface area contributed by atoms with Crippen LogP contribution in [-0.4, -0.2) is 40.4 Å². The van der Waals surface area contributed by atoms with E-state index in [0.29, 0.717) is 36.5 Å². The summed E-state index contributed by atoms with van der Waals surface area (Å²) in [6, 6.07) is 19.2. The molecule has 1 saturated heterocycles. The Hall–Kier alpha value is -3.05. The molecule has 0 atom stereocenters. The van der Waals surface area contributed by atoms with E-state index in [9.17, 15) is 9.59 Å². The molecule has 2 aromatic carbocycles. The van der Waals surface area contributed by atoms with Gasteiger partial charge in [0.1, 0.15) is 0 Å². The highest BCUT2D eigenvalue weighted by molar-refractivity contribution is 6.30. The SMILES string of the molecule is O=C(NC1CCN(C(=O)CCc2ccc(Cl)cc2)CC1)c1ccc(-n2cccc2)cc1. The number of hydrogen-bond donors (Lipinski definition) is 1. The van der Waals surface area contributed by atoms with Crippen molar-refractivity contribution in [2.24, 2.45) is 0 Å². The van der Waals surface area contributed by atoms with Gasteiger partial charge in [0.15, 0.2) is 0 Å². The number of nitrogens with one attached hydrogen (secondary N) is 1. The van der Waals surface area contributed by atoms with Crippen LogP contribution >= 0.6 is 11.6 Å². The molecule has 160 valence electrons. The molecule has 2 amide bonds. The lowest BCUT2D eigenvalue weighted by Gasteiger charge is -2.32. The Morgan fingerprint density at radius 1 is 0.935 bits per heavy atom. The van der Waals surface area contributed by atoms with Crippen LogP contribution < -0.4 is 5.32 Å². The third kappa shape index (κ3) is 5.56. The first-order valence-electron chi connectivity index (χ1n) is 10.6. The number of halogens is 1. The minimum Gasteiger partial charge on any atom is -0.349 e. The van der Waals surface area contributed by atoms with Gasteiger partial charge in [-0.15, -0.1) is 0 Å². The average molecular weight is 436 g/mol. The number of carbonyl (C=O) groups excluding carboxylic acids is 2. The van der Waals surface area contributed by atoms with Gasteiger partial charge in [-0.25, -0.2) is 0 Å². The molecule has 0 spiro atoms. The van der Waals surface area contributed by atoms with Gasteiger partial charge in [0.2, 0.25) is 5.91 Å². The highest BCUT2D eigenvalue weighted by atomic mass is 35.5. The van der Waals surface area contributed by atoms with Crippen LogP contribution in [0.25, 0.3) is 5.69 Å². The van der Waals surface area contributed by atoms with Crippen LogP contribution in [0.2, 0.25) is 5.02 Å². The molecule has 4 rings (SSSR count). The van der Waals surface area contributed by atoms with Gasteiger partial charge in [0.05, 0.1) is 0 Å². The molecular weight excluding hydrogens is 410 g/mol. The number of amides is 2. The van der Waals surface area contributed by atoms with Crippen LogP contribution in [0.5, 0.6) is 0 Å². The average Bonchev–Trinajstić information content (AvgIpc) is 3.34. The molecule has 0 bridgehead atoms. The fourth-order valence-corrected chi connectivity index (χ4v) is 4.02. The van der Waals surface area contributed by atoms with Gasteiger partial charge in [-0.3, -0.25) is 9.59 Å². The second-order valence-electron chi connectivity index (χ2n) is 7.89. The molecular formula is C25H26ClN3O2. The Labute approximate surface area is 187 Å². The molecule has 0 saturated carbocycles. The summed E-state index contributed by atoms with van der Waals surface area (Å²) in [7, 11) is 0.